The Morgan fingerprint density at radius 3 is 2.90 bits per heavy atom. The van der Waals surface area contributed by atoms with Gasteiger partial charge in [-0.3, -0.25) is 4.79 Å². The summed E-state index contributed by atoms with van der Waals surface area (Å²) in [5.41, 5.74) is 6.59. The maximum Gasteiger partial charge on any atom is 0.264 e. The van der Waals surface area contributed by atoms with E-state index in [1.165, 1.54) is 11.3 Å². The SMILES string of the molecule is CC(NC(=O)c1sc2ccc(Cl)cc2c1N)c1cccs1. The Bertz CT molecular complexity index is 795. The van der Waals surface area contributed by atoms with Crippen LogP contribution < -0.4 is 11.1 Å². The molecule has 1 atom stereocenters. The summed E-state index contributed by atoms with van der Waals surface area (Å²) in [5.74, 6) is -0.147. The smallest absolute Gasteiger partial charge is 0.264 e. The molecule has 0 saturated carbocycles. The van der Waals surface area contributed by atoms with Crippen molar-refractivity contribution in [3.05, 3.63) is 50.5 Å². The summed E-state index contributed by atoms with van der Waals surface area (Å²) in [4.78, 5) is 14.1. The maximum atomic E-state index is 12.4. The van der Waals surface area contributed by atoms with Crippen LogP contribution in [0.3, 0.4) is 0 Å². The third-order valence-electron chi connectivity index (χ3n) is 3.21. The summed E-state index contributed by atoms with van der Waals surface area (Å²) in [6, 6.07) is 9.42. The fourth-order valence-electron chi connectivity index (χ4n) is 2.13. The molecule has 3 N–H and O–H groups in total. The molecule has 0 radical (unpaired) electrons. The number of nitrogen functional groups attached to an aromatic ring is 1. The lowest BCUT2D eigenvalue weighted by Gasteiger charge is -2.11. The van der Waals surface area contributed by atoms with Crippen molar-refractivity contribution < 1.29 is 4.79 Å². The molecule has 108 valence electrons. The highest BCUT2D eigenvalue weighted by Crippen LogP contribution is 2.35. The molecule has 21 heavy (non-hydrogen) atoms. The van der Waals surface area contributed by atoms with Gasteiger partial charge in [0.2, 0.25) is 0 Å². The molecule has 3 aromatic rings. The molecule has 3 nitrogen and oxygen atoms in total. The first-order valence-corrected chi connectivity index (χ1v) is 8.45. The van der Waals surface area contributed by atoms with Crippen LogP contribution in [0.2, 0.25) is 5.02 Å². The van der Waals surface area contributed by atoms with E-state index in [2.05, 4.69) is 5.32 Å². The van der Waals surface area contributed by atoms with Gasteiger partial charge < -0.3 is 11.1 Å². The Hall–Kier alpha value is -1.56. The minimum atomic E-state index is -0.147. The summed E-state index contributed by atoms with van der Waals surface area (Å²) in [5, 5.41) is 6.43. The van der Waals surface area contributed by atoms with Gasteiger partial charge in [0.1, 0.15) is 4.88 Å². The van der Waals surface area contributed by atoms with Crippen LogP contribution in [-0.2, 0) is 0 Å². The number of fused-ring (bicyclic) bond motifs is 1. The molecule has 6 heteroatoms. The quantitative estimate of drug-likeness (QED) is 0.729. The van der Waals surface area contributed by atoms with Crippen molar-refractivity contribution in [3.8, 4) is 0 Å². The Kier molecular flexibility index (Phi) is 3.89. The van der Waals surface area contributed by atoms with Crippen LogP contribution in [0.15, 0.2) is 35.7 Å². The summed E-state index contributed by atoms with van der Waals surface area (Å²) >= 11 is 8.99. The molecule has 1 aromatic carbocycles. The largest absolute Gasteiger partial charge is 0.397 e. The highest BCUT2D eigenvalue weighted by molar-refractivity contribution is 7.21. The second-order valence-electron chi connectivity index (χ2n) is 4.70. The van der Waals surface area contributed by atoms with Gasteiger partial charge in [0.15, 0.2) is 0 Å². The third kappa shape index (κ3) is 2.77. The van der Waals surface area contributed by atoms with Crippen molar-refractivity contribution in [2.45, 2.75) is 13.0 Å². The van der Waals surface area contributed by atoms with E-state index in [1.54, 1.807) is 23.5 Å². The van der Waals surface area contributed by atoms with Crippen LogP contribution in [0.4, 0.5) is 5.69 Å². The molecule has 0 saturated heterocycles. The second-order valence-corrected chi connectivity index (χ2v) is 7.16. The van der Waals surface area contributed by atoms with Gasteiger partial charge in [0, 0.05) is 20.0 Å². The second kappa shape index (κ2) is 5.67. The number of thiophene rings is 2. The fourth-order valence-corrected chi connectivity index (χ4v) is 4.04. The topological polar surface area (TPSA) is 55.1 Å². The number of anilines is 1. The van der Waals surface area contributed by atoms with Crippen molar-refractivity contribution in [3.63, 3.8) is 0 Å². The average molecular weight is 337 g/mol. The molecule has 0 aliphatic heterocycles. The van der Waals surface area contributed by atoms with Gasteiger partial charge in [0.05, 0.1) is 11.7 Å². The molecule has 2 aromatic heterocycles. The van der Waals surface area contributed by atoms with Gasteiger partial charge in [-0.25, -0.2) is 0 Å². The minimum absolute atomic E-state index is 0.0364. The van der Waals surface area contributed by atoms with Crippen molar-refractivity contribution in [1.29, 1.82) is 0 Å². The molecule has 0 aliphatic carbocycles. The van der Waals surface area contributed by atoms with Crippen molar-refractivity contribution >= 4 is 56.0 Å². The van der Waals surface area contributed by atoms with Crippen LogP contribution in [0.25, 0.3) is 10.1 Å². The molecule has 0 bridgehead atoms. The first-order valence-electron chi connectivity index (χ1n) is 6.38. The van der Waals surface area contributed by atoms with Crippen LogP contribution in [0.5, 0.6) is 0 Å². The zero-order valence-electron chi connectivity index (χ0n) is 11.2. The molecule has 0 spiro atoms. The number of halogens is 1. The van der Waals surface area contributed by atoms with Gasteiger partial charge in [-0.2, -0.15) is 0 Å². The van der Waals surface area contributed by atoms with E-state index < -0.39 is 0 Å². The summed E-state index contributed by atoms with van der Waals surface area (Å²) in [6.45, 7) is 1.96. The number of rotatable bonds is 3. The number of amides is 1. The monoisotopic (exact) mass is 336 g/mol. The van der Waals surface area contributed by atoms with E-state index in [0.717, 1.165) is 15.0 Å². The number of carbonyl (C=O) groups is 1. The Morgan fingerprint density at radius 1 is 1.38 bits per heavy atom. The molecule has 2 heterocycles. The standard InChI is InChI=1S/C15H13ClN2OS2/c1-8(11-3-2-6-20-11)18-15(19)14-13(17)10-7-9(16)4-5-12(10)21-14/h2-8H,17H2,1H3,(H,18,19). The molecule has 1 unspecified atom stereocenters. The van der Waals surface area contributed by atoms with E-state index in [1.807, 2.05) is 30.5 Å². The van der Waals surface area contributed by atoms with Crippen LogP contribution in [-0.4, -0.2) is 5.91 Å². The molecular formula is C15H13ClN2OS2. The summed E-state index contributed by atoms with van der Waals surface area (Å²) in [7, 11) is 0. The minimum Gasteiger partial charge on any atom is -0.397 e. The fraction of sp³-hybridized carbons (Fsp3) is 0.133. The third-order valence-corrected chi connectivity index (χ3v) is 5.69. The molecular weight excluding hydrogens is 324 g/mol. The van der Waals surface area contributed by atoms with Gasteiger partial charge in [-0.1, -0.05) is 17.7 Å². The summed E-state index contributed by atoms with van der Waals surface area (Å²) in [6.07, 6.45) is 0. The number of benzene rings is 1. The zero-order valence-corrected chi connectivity index (χ0v) is 13.6. The van der Waals surface area contributed by atoms with Gasteiger partial charge in [-0.05, 0) is 36.6 Å². The van der Waals surface area contributed by atoms with E-state index in [0.29, 0.717) is 15.6 Å². The number of hydrogen-bond acceptors (Lipinski definition) is 4. The highest BCUT2D eigenvalue weighted by Gasteiger charge is 2.19. The van der Waals surface area contributed by atoms with E-state index in [9.17, 15) is 4.79 Å². The molecule has 0 fully saturated rings. The lowest BCUT2D eigenvalue weighted by atomic mass is 10.2. The first kappa shape index (κ1) is 14.4. The zero-order chi connectivity index (χ0) is 15.0. The summed E-state index contributed by atoms with van der Waals surface area (Å²) < 4.78 is 0.964. The van der Waals surface area contributed by atoms with Crippen molar-refractivity contribution in [2.24, 2.45) is 0 Å². The van der Waals surface area contributed by atoms with Gasteiger partial charge >= 0.3 is 0 Å². The predicted molar refractivity (Wildman–Crippen MR) is 91.4 cm³/mol. The molecule has 1 amide bonds. The van der Waals surface area contributed by atoms with E-state index in [4.69, 9.17) is 17.3 Å². The van der Waals surface area contributed by atoms with Gasteiger partial charge in [-0.15, -0.1) is 22.7 Å². The maximum absolute atomic E-state index is 12.4. The van der Waals surface area contributed by atoms with Crippen LogP contribution >= 0.6 is 34.3 Å². The number of hydrogen-bond donors (Lipinski definition) is 2. The average Bonchev–Trinajstić information content (AvgIpc) is 3.08. The Labute approximate surface area is 135 Å². The highest BCUT2D eigenvalue weighted by atomic mass is 35.5. The number of carbonyl (C=O) groups excluding carboxylic acids is 1. The van der Waals surface area contributed by atoms with E-state index >= 15 is 0 Å². The first-order chi connectivity index (χ1) is 10.1. The number of nitrogens with two attached hydrogens (primary N) is 1. The van der Waals surface area contributed by atoms with Gasteiger partial charge in [0.25, 0.3) is 5.91 Å². The lowest BCUT2D eigenvalue weighted by Crippen LogP contribution is -2.25. The molecule has 0 aliphatic rings. The van der Waals surface area contributed by atoms with Crippen molar-refractivity contribution in [1.82, 2.24) is 5.32 Å². The Balaban J connectivity index is 1.89. The van der Waals surface area contributed by atoms with Crippen LogP contribution in [0, 0.1) is 0 Å². The van der Waals surface area contributed by atoms with Crippen molar-refractivity contribution in [2.75, 3.05) is 5.73 Å². The molecule has 3 rings (SSSR count). The van der Waals surface area contributed by atoms with Crippen LogP contribution in [0.1, 0.15) is 27.5 Å². The predicted octanol–water partition coefficient (Wildman–Crippen LogP) is 4.69. The number of nitrogens with one attached hydrogen (secondary N) is 1. The lowest BCUT2D eigenvalue weighted by molar-refractivity contribution is 0.0945. The Morgan fingerprint density at radius 2 is 2.19 bits per heavy atom. The normalized spacial score (nSPS) is 12.5. The van der Waals surface area contributed by atoms with E-state index in [-0.39, 0.29) is 11.9 Å².